The van der Waals surface area contributed by atoms with Gasteiger partial charge < -0.3 is 0 Å². The third kappa shape index (κ3) is 3.27. The van der Waals surface area contributed by atoms with Gasteiger partial charge in [0.1, 0.15) is 0 Å². The Morgan fingerprint density at radius 3 is 2.04 bits per heavy atom. The molecular weight excluding hydrogens is 276 g/mol. The van der Waals surface area contributed by atoms with Gasteiger partial charge in [-0.15, -0.1) is 6.58 Å². The van der Waals surface area contributed by atoms with Crippen LogP contribution in [0.15, 0.2) is 103 Å². The Hall–Kier alpha value is -2.60. The Morgan fingerprint density at radius 2 is 1.52 bits per heavy atom. The molecular formula is C23H22. The summed E-state index contributed by atoms with van der Waals surface area (Å²) in [5.41, 5.74) is 6.56. The molecule has 0 amide bonds. The summed E-state index contributed by atoms with van der Waals surface area (Å²) >= 11 is 0. The molecule has 0 radical (unpaired) electrons. The summed E-state index contributed by atoms with van der Waals surface area (Å²) in [6.07, 6.45) is 9.65. The predicted molar refractivity (Wildman–Crippen MR) is 100 cm³/mol. The number of hydrogen-bond acceptors (Lipinski definition) is 0. The molecule has 0 heterocycles. The quantitative estimate of drug-likeness (QED) is 0.577. The lowest BCUT2D eigenvalue weighted by atomic mass is 9.85. The zero-order valence-electron chi connectivity index (χ0n) is 13.6. The van der Waals surface area contributed by atoms with E-state index in [1.54, 1.807) is 0 Å². The van der Waals surface area contributed by atoms with Crippen LogP contribution in [0.2, 0.25) is 0 Å². The largest absolute Gasteiger partial charge is 0.103 e. The summed E-state index contributed by atoms with van der Waals surface area (Å²) in [5.74, 6) is 0.472. The minimum absolute atomic E-state index is 0.472. The van der Waals surface area contributed by atoms with Gasteiger partial charge in [0.15, 0.2) is 0 Å². The highest BCUT2D eigenvalue weighted by Gasteiger charge is 2.19. The Bertz CT molecular complexity index is 717. The van der Waals surface area contributed by atoms with Crippen molar-refractivity contribution in [3.05, 3.63) is 114 Å². The fourth-order valence-corrected chi connectivity index (χ4v) is 3.16. The van der Waals surface area contributed by atoms with Crippen molar-refractivity contribution < 1.29 is 0 Å². The topological polar surface area (TPSA) is 0 Å². The molecule has 23 heavy (non-hydrogen) atoms. The molecule has 0 nitrogen and oxygen atoms in total. The zero-order chi connectivity index (χ0) is 16.1. The van der Waals surface area contributed by atoms with E-state index in [9.17, 15) is 0 Å². The van der Waals surface area contributed by atoms with Gasteiger partial charge in [0.2, 0.25) is 0 Å². The number of hydrogen-bond donors (Lipinski definition) is 0. The first-order chi connectivity index (χ1) is 11.3. The minimum Gasteiger partial charge on any atom is -0.103 e. The molecule has 1 aliphatic carbocycles. The second kappa shape index (κ2) is 7.11. The van der Waals surface area contributed by atoms with Crippen molar-refractivity contribution in [2.75, 3.05) is 0 Å². The van der Waals surface area contributed by atoms with Crippen LogP contribution >= 0.6 is 0 Å². The van der Waals surface area contributed by atoms with Crippen molar-refractivity contribution in [3.63, 3.8) is 0 Å². The van der Waals surface area contributed by atoms with Gasteiger partial charge >= 0.3 is 0 Å². The lowest BCUT2D eigenvalue weighted by Gasteiger charge is -2.18. The Balaban J connectivity index is 2.17. The van der Waals surface area contributed by atoms with Crippen molar-refractivity contribution in [1.29, 1.82) is 0 Å². The Kier molecular flexibility index (Phi) is 4.73. The van der Waals surface area contributed by atoms with Crippen molar-refractivity contribution in [2.45, 2.75) is 13.3 Å². The van der Waals surface area contributed by atoms with Crippen LogP contribution in [0.1, 0.15) is 24.5 Å². The Morgan fingerprint density at radius 1 is 0.957 bits per heavy atom. The van der Waals surface area contributed by atoms with Gasteiger partial charge in [0.25, 0.3) is 0 Å². The van der Waals surface area contributed by atoms with Crippen LogP contribution in [0.4, 0.5) is 0 Å². The summed E-state index contributed by atoms with van der Waals surface area (Å²) < 4.78 is 0. The lowest BCUT2D eigenvalue weighted by molar-refractivity contribution is 0.710. The van der Waals surface area contributed by atoms with Crippen molar-refractivity contribution in [1.82, 2.24) is 0 Å². The SMILES string of the molecule is C=CCC(C)C1=CC=CC1=C(c1ccccc1)c1ccccc1. The van der Waals surface area contributed by atoms with E-state index in [1.807, 2.05) is 6.08 Å². The molecule has 0 bridgehead atoms. The predicted octanol–water partition coefficient (Wildman–Crippen LogP) is 6.20. The molecule has 0 aromatic heterocycles. The van der Waals surface area contributed by atoms with Crippen LogP contribution in [0, 0.1) is 5.92 Å². The second-order valence-corrected chi connectivity index (χ2v) is 5.93. The van der Waals surface area contributed by atoms with E-state index in [-0.39, 0.29) is 0 Å². The minimum atomic E-state index is 0.472. The van der Waals surface area contributed by atoms with E-state index in [0.29, 0.717) is 5.92 Å². The molecule has 0 fully saturated rings. The van der Waals surface area contributed by atoms with Crippen LogP contribution in [0.5, 0.6) is 0 Å². The van der Waals surface area contributed by atoms with Gasteiger partial charge in [-0.1, -0.05) is 91.9 Å². The van der Waals surface area contributed by atoms with Gasteiger partial charge in [-0.05, 0) is 40.2 Å². The number of rotatable bonds is 5. The van der Waals surface area contributed by atoms with E-state index >= 15 is 0 Å². The Labute approximate surface area is 139 Å². The molecule has 0 saturated heterocycles. The van der Waals surface area contributed by atoms with Crippen molar-refractivity contribution >= 4 is 5.57 Å². The molecule has 114 valence electrons. The lowest BCUT2D eigenvalue weighted by Crippen LogP contribution is -2.02. The zero-order valence-corrected chi connectivity index (χ0v) is 13.6. The monoisotopic (exact) mass is 298 g/mol. The molecule has 0 aliphatic heterocycles. The maximum atomic E-state index is 3.89. The van der Waals surface area contributed by atoms with Gasteiger partial charge in [0, 0.05) is 0 Å². The molecule has 3 rings (SSSR count). The number of benzene rings is 2. The van der Waals surface area contributed by atoms with Gasteiger partial charge in [0.05, 0.1) is 0 Å². The summed E-state index contributed by atoms with van der Waals surface area (Å²) in [6.45, 7) is 6.17. The molecule has 0 saturated carbocycles. The third-order valence-electron chi connectivity index (χ3n) is 4.30. The molecule has 0 spiro atoms. The van der Waals surface area contributed by atoms with Crippen LogP contribution in [0.3, 0.4) is 0 Å². The van der Waals surface area contributed by atoms with E-state index in [1.165, 1.54) is 27.8 Å². The maximum absolute atomic E-state index is 3.89. The molecule has 2 aromatic rings. The van der Waals surface area contributed by atoms with E-state index < -0.39 is 0 Å². The van der Waals surface area contributed by atoms with Crippen molar-refractivity contribution in [2.24, 2.45) is 5.92 Å². The summed E-state index contributed by atoms with van der Waals surface area (Å²) in [7, 11) is 0. The average Bonchev–Trinajstić information content (AvgIpc) is 3.07. The highest BCUT2D eigenvalue weighted by atomic mass is 14.2. The first kappa shape index (κ1) is 15.3. The van der Waals surface area contributed by atoms with Crippen LogP contribution in [-0.4, -0.2) is 0 Å². The molecule has 0 heteroatoms. The molecule has 0 N–H and O–H groups in total. The summed E-state index contributed by atoms with van der Waals surface area (Å²) in [5, 5.41) is 0. The first-order valence-corrected chi connectivity index (χ1v) is 8.16. The van der Waals surface area contributed by atoms with Crippen molar-refractivity contribution in [3.8, 4) is 0 Å². The molecule has 1 aliphatic rings. The highest BCUT2D eigenvalue weighted by molar-refractivity contribution is 5.87. The summed E-state index contributed by atoms with van der Waals surface area (Å²) in [6, 6.07) is 21.3. The normalized spacial score (nSPS) is 14.5. The molecule has 1 atom stereocenters. The fraction of sp³-hybridized carbons (Fsp3) is 0.130. The molecule has 2 aromatic carbocycles. The second-order valence-electron chi connectivity index (χ2n) is 5.93. The molecule has 1 unspecified atom stereocenters. The van der Waals surface area contributed by atoms with Crippen LogP contribution in [-0.2, 0) is 0 Å². The van der Waals surface area contributed by atoms with Crippen LogP contribution in [0.25, 0.3) is 5.57 Å². The van der Waals surface area contributed by atoms with E-state index in [0.717, 1.165) is 6.42 Å². The van der Waals surface area contributed by atoms with Crippen LogP contribution < -0.4 is 0 Å². The van der Waals surface area contributed by atoms with E-state index in [2.05, 4.69) is 92.4 Å². The fourth-order valence-electron chi connectivity index (χ4n) is 3.16. The summed E-state index contributed by atoms with van der Waals surface area (Å²) in [4.78, 5) is 0. The van der Waals surface area contributed by atoms with E-state index in [4.69, 9.17) is 0 Å². The standard InChI is InChI=1S/C23H22/c1-3-11-18(2)21-16-10-17-22(21)23(19-12-6-4-7-13-19)20-14-8-5-9-15-20/h3-10,12-18H,1,11H2,2H3. The van der Waals surface area contributed by atoms with Gasteiger partial charge in [-0.3, -0.25) is 0 Å². The van der Waals surface area contributed by atoms with Gasteiger partial charge in [-0.25, -0.2) is 0 Å². The average molecular weight is 298 g/mol. The number of allylic oxidation sites excluding steroid dienone is 6. The highest BCUT2D eigenvalue weighted by Crippen LogP contribution is 2.37. The smallest absolute Gasteiger partial charge is 0.00360 e. The maximum Gasteiger partial charge on any atom is -0.00360 e. The first-order valence-electron chi connectivity index (χ1n) is 8.16. The third-order valence-corrected chi connectivity index (χ3v) is 4.30. The van der Waals surface area contributed by atoms with Gasteiger partial charge in [-0.2, -0.15) is 0 Å².